The number of amides is 1. The minimum absolute atomic E-state index is 0.0184. The molecule has 170 valence electrons. The van der Waals surface area contributed by atoms with Crippen LogP contribution in [0.4, 0.5) is 23.2 Å². The monoisotopic (exact) mass is 477 g/mol. The Morgan fingerprint density at radius 2 is 1.73 bits per heavy atom. The van der Waals surface area contributed by atoms with Gasteiger partial charge in [0, 0.05) is 16.4 Å². The van der Waals surface area contributed by atoms with Gasteiger partial charge in [-0.25, -0.2) is 13.8 Å². The first-order valence-electron chi connectivity index (χ1n) is 9.60. The molecule has 0 bridgehead atoms. The number of rotatable bonds is 4. The summed E-state index contributed by atoms with van der Waals surface area (Å²) in [6.45, 7) is 3.52. The second-order valence-electron chi connectivity index (χ2n) is 7.25. The molecule has 2 heterocycles. The minimum Gasteiger partial charge on any atom is -0.322 e. The molecule has 33 heavy (non-hydrogen) atoms. The van der Waals surface area contributed by atoms with Crippen LogP contribution in [0.2, 0.25) is 5.02 Å². The highest BCUT2D eigenvalue weighted by Gasteiger charge is 2.40. The molecular formula is C22H16ClF4N5O. The van der Waals surface area contributed by atoms with Gasteiger partial charge in [0.1, 0.15) is 5.69 Å². The highest BCUT2D eigenvalue weighted by Crippen LogP contribution is 2.34. The number of alkyl halides is 3. The van der Waals surface area contributed by atoms with Crippen molar-refractivity contribution in [2.45, 2.75) is 20.0 Å². The van der Waals surface area contributed by atoms with Crippen LogP contribution in [0.1, 0.15) is 27.4 Å². The number of hydrogen-bond donors (Lipinski definition) is 1. The van der Waals surface area contributed by atoms with Crippen LogP contribution >= 0.6 is 11.6 Å². The number of anilines is 1. The van der Waals surface area contributed by atoms with Gasteiger partial charge in [-0.05, 0) is 62.4 Å². The number of carbonyl (C=O) groups excluding carboxylic acids is 1. The second kappa shape index (κ2) is 8.36. The van der Waals surface area contributed by atoms with Gasteiger partial charge in [0.2, 0.25) is 0 Å². The molecule has 6 nitrogen and oxygen atoms in total. The first kappa shape index (κ1) is 22.5. The van der Waals surface area contributed by atoms with E-state index in [-0.39, 0.29) is 17.1 Å². The fourth-order valence-corrected chi connectivity index (χ4v) is 3.52. The van der Waals surface area contributed by atoms with Crippen molar-refractivity contribution in [3.05, 3.63) is 88.2 Å². The van der Waals surface area contributed by atoms with E-state index in [1.54, 1.807) is 19.9 Å². The van der Waals surface area contributed by atoms with Crippen LogP contribution in [0.3, 0.4) is 0 Å². The van der Waals surface area contributed by atoms with Crippen molar-refractivity contribution in [1.29, 1.82) is 0 Å². The van der Waals surface area contributed by atoms with Crippen LogP contribution in [0.25, 0.3) is 11.4 Å². The van der Waals surface area contributed by atoms with E-state index in [9.17, 15) is 22.4 Å². The van der Waals surface area contributed by atoms with Crippen LogP contribution in [-0.2, 0) is 6.18 Å². The quantitative estimate of drug-likeness (QED) is 0.381. The predicted molar refractivity (Wildman–Crippen MR) is 115 cm³/mol. The van der Waals surface area contributed by atoms with Crippen molar-refractivity contribution in [3.8, 4) is 11.4 Å². The number of aromatic nitrogens is 4. The van der Waals surface area contributed by atoms with Crippen molar-refractivity contribution in [2.24, 2.45) is 0 Å². The Morgan fingerprint density at radius 1 is 1.03 bits per heavy atom. The fourth-order valence-electron chi connectivity index (χ4n) is 3.39. The Bertz CT molecular complexity index is 1340. The molecule has 0 saturated heterocycles. The maximum absolute atomic E-state index is 14.7. The van der Waals surface area contributed by atoms with Crippen LogP contribution in [0.5, 0.6) is 0 Å². The van der Waals surface area contributed by atoms with E-state index in [1.807, 2.05) is 0 Å². The summed E-state index contributed by atoms with van der Waals surface area (Å²) in [5.41, 5.74) is -0.372. The van der Waals surface area contributed by atoms with Gasteiger partial charge in [0.25, 0.3) is 5.91 Å². The molecule has 0 saturated carbocycles. The Kier molecular flexibility index (Phi) is 5.71. The lowest BCUT2D eigenvalue weighted by molar-refractivity contribution is -0.143. The van der Waals surface area contributed by atoms with Gasteiger partial charge in [-0.1, -0.05) is 11.6 Å². The Balaban J connectivity index is 1.66. The number of aryl methyl sites for hydroxylation is 2. The average molecular weight is 478 g/mol. The molecule has 0 spiro atoms. The molecule has 0 atom stereocenters. The lowest BCUT2D eigenvalue weighted by Crippen LogP contribution is -2.20. The number of halogens is 5. The minimum atomic E-state index is -4.88. The number of benzene rings is 2. The van der Waals surface area contributed by atoms with Crippen molar-refractivity contribution < 1.29 is 22.4 Å². The highest BCUT2D eigenvalue weighted by molar-refractivity contribution is 6.30. The van der Waals surface area contributed by atoms with E-state index in [0.717, 1.165) is 12.3 Å². The molecule has 2 aromatic heterocycles. The van der Waals surface area contributed by atoms with Gasteiger partial charge >= 0.3 is 6.18 Å². The standard InChI is InChI=1S/C22H16ClF4N5O/c1-12-9-13(2)31(30-12)19-8-5-15(10-18(19)24)29-21(33)17-11-28-32(20(17)22(25,26)27)16-6-3-14(23)4-7-16/h3-11H,1-2H3,(H,29,33). The Morgan fingerprint density at radius 3 is 2.30 bits per heavy atom. The summed E-state index contributed by atoms with van der Waals surface area (Å²) in [5.74, 6) is -1.78. The lowest BCUT2D eigenvalue weighted by Gasteiger charge is -2.13. The first-order valence-corrected chi connectivity index (χ1v) is 9.98. The molecule has 0 unspecified atom stereocenters. The zero-order chi connectivity index (χ0) is 23.9. The van der Waals surface area contributed by atoms with Crippen LogP contribution in [-0.4, -0.2) is 25.5 Å². The Hall–Kier alpha value is -3.66. The molecule has 1 N–H and O–H groups in total. The van der Waals surface area contributed by atoms with E-state index >= 15 is 0 Å². The summed E-state index contributed by atoms with van der Waals surface area (Å²) in [6.07, 6.45) is -4.07. The van der Waals surface area contributed by atoms with Crippen molar-refractivity contribution in [2.75, 3.05) is 5.32 Å². The zero-order valence-electron chi connectivity index (χ0n) is 17.3. The van der Waals surface area contributed by atoms with Gasteiger partial charge < -0.3 is 5.32 Å². The molecule has 0 aliphatic rings. The molecule has 0 radical (unpaired) electrons. The number of carbonyl (C=O) groups is 1. The third-order valence-corrected chi connectivity index (χ3v) is 5.05. The third-order valence-electron chi connectivity index (χ3n) is 4.80. The largest absolute Gasteiger partial charge is 0.434 e. The van der Waals surface area contributed by atoms with E-state index in [2.05, 4.69) is 15.5 Å². The van der Waals surface area contributed by atoms with Gasteiger partial charge in [-0.2, -0.15) is 23.4 Å². The SMILES string of the molecule is Cc1cc(C)n(-c2ccc(NC(=O)c3cnn(-c4ccc(Cl)cc4)c3C(F)(F)F)cc2F)n1. The molecule has 2 aromatic carbocycles. The highest BCUT2D eigenvalue weighted by atomic mass is 35.5. The number of nitrogens with zero attached hydrogens (tertiary/aromatic N) is 4. The molecule has 0 aliphatic heterocycles. The molecular weight excluding hydrogens is 462 g/mol. The van der Waals surface area contributed by atoms with Crippen LogP contribution < -0.4 is 5.32 Å². The van der Waals surface area contributed by atoms with Crippen molar-refractivity contribution in [3.63, 3.8) is 0 Å². The van der Waals surface area contributed by atoms with Crippen LogP contribution in [0.15, 0.2) is 54.7 Å². The van der Waals surface area contributed by atoms with Gasteiger partial charge in [0.15, 0.2) is 11.5 Å². The van der Waals surface area contributed by atoms with E-state index < -0.39 is 29.2 Å². The van der Waals surface area contributed by atoms with Gasteiger partial charge in [0.05, 0.1) is 23.1 Å². The maximum Gasteiger partial charge on any atom is 0.434 e. The molecule has 0 aliphatic carbocycles. The second-order valence-corrected chi connectivity index (χ2v) is 7.69. The summed E-state index contributed by atoms with van der Waals surface area (Å²) < 4.78 is 58.1. The summed E-state index contributed by atoms with van der Waals surface area (Å²) in [4.78, 5) is 12.7. The first-order chi connectivity index (χ1) is 15.5. The Labute approximate surface area is 190 Å². The fraction of sp³-hybridized carbons (Fsp3) is 0.136. The van der Waals surface area contributed by atoms with Crippen LogP contribution in [0, 0.1) is 19.7 Å². The summed E-state index contributed by atoms with van der Waals surface area (Å²) >= 11 is 5.80. The normalized spacial score (nSPS) is 11.6. The molecule has 4 rings (SSSR count). The summed E-state index contributed by atoms with van der Waals surface area (Å²) in [6, 6.07) is 11.1. The molecule has 0 fully saturated rings. The lowest BCUT2D eigenvalue weighted by atomic mass is 10.2. The molecule has 11 heteroatoms. The van der Waals surface area contributed by atoms with Crippen molar-refractivity contribution >= 4 is 23.2 Å². The van der Waals surface area contributed by atoms with E-state index in [1.165, 1.54) is 41.1 Å². The van der Waals surface area contributed by atoms with E-state index in [0.29, 0.717) is 21.1 Å². The average Bonchev–Trinajstić information content (AvgIpc) is 3.32. The van der Waals surface area contributed by atoms with Gasteiger partial charge in [-0.3, -0.25) is 4.79 Å². The summed E-state index contributed by atoms with van der Waals surface area (Å²) in [7, 11) is 0. The van der Waals surface area contributed by atoms with E-state index in [4.69, 9.17) is 11.6 Å². The molecule has 1 amide bonds. The number of hydrogen-bond acceptors (Lipinski definition) is 3. The zero-order valence-corrected chi connectivity index (χ0v) is 18.0. The number of nitrogens with one attached hydrogen (secondary N) is 1. The smallest absolute Gasteiger partial charge is 0.322 e. The third kappa shape index (κ3) is 4.47. The van der Waals surface area contributed by atoms with Crippen molar-refractivity contribution in [1.82, 2.24) is 19.6 Å². The topological polar surface area (TPSA) is 64.7 Å². The summed E-state index contributed by atoms with van der Waals surface area (Å²) in [5, 5.41) is 10.6. The maximum atomic E-state index is 14.7. The molecule has 4 aromatic rings. The predicted octanol–water partition coefficient (Wildman–Crippen LogP) is 5.74. The van der Waals surface area contributed by atoms with Gasteiger partial charge in [-0.15, -0.1) is 0 Å².